The van der Waals surface area contributed by atoms with Crippen molar-refractivity contribution < 1.29 is 0 Å². The second-order valence-electron chi connectivity index (χ2n) is 13.0. The van der Waals surface area contributed by atoms with Crippen LogP contribution in [-0.2, 0) is 0 Å². The van der Waals surface area contributed by atoms with E-state index in [1.54, 1.807) is 0 Å². The summed E-state index contributed by atoms with van der Waals surface area (Å²) in [5, 5.41) is 8.85. The molecular weight excluding hydrogens is 637 g/mol. The quantitative estimate of drug-likeness (QED) is 0.135. The number of fused-ring (bicyclic) bond motifs is 5. The van der Waals surface area contributed by atoms with Crippen LogP contribution in [0.25, 0.3) is 97.9 Å². The van der Waals surface area contributed by atoms with Gasteiger partial charge in [-0.1, -0.05) is 152 Å². The molecule has 2 heterocycles. The second-order valence-corrected chi connectivity index (χ2v) is 14.1. The maximum atomic E-state index is 5.18. The van der Waals surface area contributed by atoms with Gasteiger partial charge in [0.1, 0.15) is 0 Å². The SMILES string of the molecule is c1ccc(-c2nc(-c3ccc(-c4cccc5c4ccc4cc6ccccc6cc45)cc3)cc(-c3ccccc3-c3cc4ccccc4s3)n2)cc1. The summed E-state index contributed by atoms with van der Waals surface area (Å²) in [5.74, 6) is 0.715. The molecule has 0 saturated heterocycles. The first-order valence-electron chi connectivity index (χ1n) is 17.2. The van der Waals surface area contributed by atoms with Crippen molar-refractivity contribution >= 4 is 53.7 Å². The molecule has 8 aromatic carbocycles. The fraction of sp³-hybridized carbons (Fsp3) is 0. The fourth-order valence-corrected chi connectivity index (χ4v) is 8.44. The minimum atomic E-state index is 0.715. The van der Waals surface area contributed by atoms with Gasteiger partial charge in [-0.25, -0.2) is 9.97 Å². The van der Waals surface area contributed by atoms with E-state index in [2.05, 4.69) is 164 Å². The monoisotopic (exact) mass is 666 g/mol. The molecule has 0 fully saturated rings. The lowest BCUT2D eigenvalue weighted by atomic mass is 9.93. The molecule has 0 amide bonds. The first kappa shape index (κ1) is 29.5. The van der Waals surface area contributed by atoms with Crippen molar-refractivity contribution in [3.8, 4) is 55.5 Å². The van der Waals surface area contributed by atoms with Crippen LogP contribution in [0.2, 0.25) is 0 Å². The van der Waals surface area contributed by atoms with Crippen LogP contribution in [0.15, 0.2) is 182 Å². The molecule has 0 aliphatic rings. The van der Waals surface area contributed by atoms with Crippen LogP contribution in [0.1, 0.15) is 0 Å². The number of rotatable bonds is 5. The lowest BCUT2D eigenvalue weighted by Crippen LogP contribution is -1.96. The van der Waals surface area contributed by atoms with Crippen molar-refractivity contribution in [1.82, 2.24) is 9.97 Å². The van der Waals surface area contributed by atoms with Gasteiger partial charge in [0.25, 0.3) is 0 Å². The molecule has 51 heavy (non-hydrogen) atoms. The summed E-state index contributed by atoms with van der Waals surface area (Å²) < 4.78 is 1.28. The van der Waals surface area contributed by atoms with Crippen molar-refractivity contribution in [1.29, 1.82) is 0 Å². The van der Waals surface area contributed by atoms with Crippen LogP contribution in [0.3, 0.4) is 0 Å². The van der Waals surface area contributed by atoms with Gasteiger partial charge in [-0.2, -0.15) is 0 Å². The molecule has 0 aliphatic carbocycles. The molecule has 2 aromatic heterocycles. The Morgan fingerprint density at radius 1 is 0.333 bits per heavy atom. The number of benzene rings is 8. The van der Waals surface area contributed by atoms with Gasteiger partial charge in [0.2, 0.25) is 0 Å². The molecule has 0 radical (unpaired) electrons. The van der Waals surface area contributed by atoms with Crippen LogP contribution in [-0.4, -0.2) is 9.97 Å². The van der Waals surface area contributed by atoms with Gasteiger partial charge in [0.05, 0.1) is 11.4 Å². The van der Waals surface area contributed by atoms with Crippen molar-refractivity contribution in [2.75, 3.05) is 0 Å². The molecule has 0 N–H and O–H groups in total. The molecule has 2 nitrogen and oxygen atoms in total. The third-order valence-electron chi connectivity index (χ3n) is 9.89. The third kappa shape index (κ3) is 5.27. The molecule has 0 spiro atoms. The highest BCUT2D eigenvalue weighted by molar-refractivity contribution is 7.22. The Hall–Kier alpha value is -6.42. The summed E-state index contributed by atoms with van der Waals surface area (Å²) in [6.45, 7) is 0. The lowest BCUT2D eigenvalue weighted by Gasteiger charge is -2.13. The van der Waals surface area contributed by atoms with E-state index in [0.717, 1.165) is 28.1 Å². The second kappa shape index (κ2) is 12.2. The summed E-state index contributed by atoms with van der Waals surface area (Å²) in [4.78, 5) is 11.5. The van der Waals surface area contributed by atoms with Gasteiger partial charge in [-0.3, -0.25) is 0 Å². The number of hydrogen-bond acceptors (Lipinski definition) is 3. The predicted molar refractivity (Wildman–Crippen MR) is 217 cm³/mol. The zero-order chi connectivity index (χ0) is 33.7. The topological polar surface area (TPSA) is 25.8 Å². The van der Waals surface area contributed by atoms with Crippen molar-refractivity contribution in [3.05, 3.63) is 182 Å². The molecule has 10 rings (SSSR count). The first-order chi connectivity index (χ1) is 25.2. The maximum absolute atomic E-state index is 5.18. The van der Waals surface area contributed by atoms with E-state index in [0.29, 0.717) is 5.82 Å². The number of nitrogens with zero attached hydrogens (tertiary/aromatic N) is 2. The third-order valence-corrected chi connectivity index (χ3v) is 11.0. The Morgan fingerprint density at radius 3 is 1.82 bits per heavy atom. The molecular formula is C48H30N2S. The summed E-state index contributed by atoms with van der Waals surface area (Å²) in [7, 11) is 0. The smallest absolute Gasteiger partial charge is 0.160 e. The summed E-state index contributed by atoms with van der Waals surface area (Å²) in [6.07, 6.45) is 0. The average Bonchev–Trinajstić information content (AvgIpc) is 3.65. The van der Waals surface area contributed by atoms with Crippen molar-refractivity contribution in [3.63, 3.8) is 0 Å². The molecule has 0 unspecified atom stereocenters. The Kier molecular flexibility index (Phi) is 7.04. The molecule has 3 heteroatoms. The minimum absolute atomic E-state index is 0.715. The Labute approximate surface area is 300 Å². The van der Waals surface area contributed by atoms with E-state index < -0.39 is 0 Å². The standard InChI is InChI=1S/C48H30N2S/c1-2-11-33(12-3-1)48-49-44(30-45(50-48)41-16-7-8-17-42(41)47-29-37-15-6-9-20-46(37)51-47)32-23-21-31(22-24-32)38-18-10-19-39-40(38)26-25-36-27-34-13-4-5-14-35(34)28-43(36)39/h1-30H. The molecule has 0 bridgehead atoms. The Morgan fingerprint density at radius 2 is 1.00 bits per heavy atom. The van der Waals surface area contributed by atoms with Crippen LogP contribution < -0.4 is 0 Å². The predicted octanol–water partition coefficient (Wildman–Crippen LogP) is 13.5. The summed E-state index contributed by atoms with van der Waals surface area (Å²) >= 11 is 1.82. The van der Waals surface area contributed by atoms with E-state index in [1.807, 2.05) is 29.5 Å². The highest BCUT2D eigenvalue weighted by Gasteiger charge is 2.16. The van der Waals surface area contributed by atoms with E-state index in [1.165, 1.54) is 64.0 Å². The summed E-state index contributed by atoms with van der Waals surface area (Å²) in [5.41, 5.74) is 8.52. The van der Waals surface area contributed by atoms with E-state index in [4.69, 9.17) is 9.97 Å². The zero-order valence-electron chi connectivity index (χ0n) is 27.6. The van der Waals surface area contributed by atoms with Gasteiger partial charge >= 0.3 is 0 Å². The van der Waals surface area contributed by atoms with E-state index in [-0.39, 0.29) is 0 Å². The average molecular weight is 667 g/mol. The van der Waals surface area contributed by atoms with Crippen molar-refractivity contribution in [2.45, 2.75) is 0 Å². The minimum Gasteiger partial charge on any atom is -0.228 e. The maximum Gasteiger partial charge on any atom is 0.160 e. The fourth-order valence-electron chi connectivity index (χ4n) is 7.34. The lowest BCUT2D eigenvalue weighted by molar-refractivity contribution is 1.18. The Bertz CT molecular complexity index is 2870. The highest BCUT2D eigenvalue weighted by atomic mass is 32.1. The first-order valence-corrected chi connectivity index (χ1v) is 18.0. The van der Waals surface area contributed by atoms with Crippen molar-refractivity contribution in [2.24, 2.45) is 0 Å². The molecule has 238 valence electrons. The van der Waals surface area contributed by atoms with Gasteiger partial charge < -0.3 is 0 Å². The van der Waals surface area contributed by atoms with Gasteiger partial charge in [-0.15, -0.1) is 11.3 Å². The molecule has 0 saturated carbocycles. The Balaban J connectivity index is 1.08. The van der Waals surface area contributed by atoms with Crippen LogP contribution in [0.5, 0.6) is 0 Å². The number of aromatic nitrogens is 2. The van der Waals surface area contributed by atoms with Gasteiger partial charge in [0.15, 0.2) is 5.82 Å². The molecule has 0 aliphatic heterocycles. The van der Waals surface area contributed by atoms with Crippen LogP contribution >= 0.6 is 11.3 Å². The normalized spacial score (nSPS) is 11.5. The van der Waals surface area contributed by atoms with Gasteiger partial charge in [-0.05, 0) is 79.2 Å². The van der Waals surface area contributed by atoms with Crippen LogP contribution in [0.4, 0.5) is 0 Å². The van der Waals surface area contributed by atoms with Crippen LogP contribution in [0, 0.1) is 0 Å². The van der Waals surface area contributed by atoms with Gasteiger partial charge in [0, 0.05) is 31.8 Å². The van der Waals surface area contributed by atoms with E-state index >= 15 is 0 Å². The zero-order valence-corrected chi connectivity index (χ0v) is 28.4. The largest absolute Gasteiger partial charge is 0.228 e. The van der Waals surface area contributed by atoms with E-state index in [9.17, 15) is 0 Å². The molecule has 0 atom stereocenters. The number of hydrogen-bond donors (Lipinski definition) is 0. The highest BCUT2D eigenvalue weighted by Crippen LogP contribution is 2.40. The number of thiophene rings is 1. The molecule has 10 aromatic rings. The summed E-state index contributed by atoms with van der Waals surface area (Å²) in [6, 6.07) is 65.1.